The molecule has 5 nitrogen and oxygen atoms in total. The summed E-state index contributed by atoms with van der Waals surface area (Å²) in [6.45, 7) is 3.71. The fourth-order valence-corrected chi connectivity index (χ4v) is 3.90. The molecule has 1 aliphatic rings. The van der Waals surface area contributed by atoms with Gasteiger partial charge in [0.25, 0.3) is 0 Å². The SMILES string of the molecule is Cc1ccc(F)c(-c2c(-c3ccncc3O[C@@H]3CCNC3)[nH]c3cccnc23)c1. The van der Waals surface area contributed by atoms with E-state index in [9.17, 15) is 4.39 Å². The van der Waals surface area contributed by atoms with Crippen LogP contribution in [-0.2, 0) is 0 Å². The highest BCUT2D eigenvalue weighted by molar-refractivity contribution is 6.02. The molecule has 0 aliphatic carbocycles. The van der Waals surface area contributed by atoms with Crippen molar-refractivity contribution in [1.82, 2.24) is 20.3 Å². The first-order valence-corrected chi connectivity index (χ1v) is 9.75. The Morgan fingerprint density at radius 2 is 2.07 bits per heavy atom. The molecule has 146 valence electrons. The number of aromatic amines is 1. The molecule has 0 unspecified atom stereocenters. The number of nitrogens with one attached hydrogen (secondary N) is 2. The zero-order valence-corrected chi connectivity index (χ0v) is 16.1. The van der Waals surface area contributed by atoms with Crippen LogP contribution >= 0.6 is 0 Å². The molecule has 6 heteroatoms. The third kappa shape index (κ3) is 3.25. The third-order valence-electron chi connectivity index (χ3n) is 5.31. The minimum Gasteiger partial charge on any atom is -0.487 e. The average molecular weight is 388 g/mol. The first kappa shape index (κ1) is 17.8. The van der Waals surface area contributed by atoms with Crippen LogP contribution < -0.4 is 10.1 Å². The van der Waals surface area contributed by atoms with Gasteiger partial charge in [-0.15, -0.1) is 0 Å². The second-order valence-corrected chi connectivity index (χ2v) is 7.36. The van der Waals surface area contributed by atoms with Crippen molar-refractivity contribution >= 4 is 11.0 Å². The second-order valence-electron chi connectivity index (χ2n) is 7.36. The highest BCUT2D eigenvalue weighted by atomic mass is 19.1. The van der Waals surface area contributed by atoms with E-state index >= 15 is 0 Å². The van der Waals surface area contributed by atoms with E-state index in [1.807, 2.05) is 31.2 Å². The molecule has 1 fully saturated rings. The smallest absolute Gasteiger partial charge is 0.147 e. The molecule has 0 radical (unpaired) electrons. The number of aromatic nitrogens is 3. The Hall–Kier alpha value is -3.25. The van der Waals surface area contributed by atoms with Crippen molar-refractivity contribution in [2.24, 2.45) is 0 Å². The van der Waals surface area contributed by atoms with Gasteiger partial charge in [0, 0.05) is 35.6 Å². The maximum absolute atomic E-state index is 14.9. The predicted molar refractivity (Wildman–Crippen MR) is 111 cm³/mol. The molecule has 0 spiro atoms. The number of aryl methyl sites for hydroxylation is 1. The van der Waals surface area contributed by atoms with Gasteiger partial charge in [-0.1, -0.05) is 11.6 Å². The van der Waals surface area contributed by atoms with E-state index in [4.69, 9.17) is 4.74 Å². The van der Waals surface area contributed by atoms with Crippen LogP contribution in [0.3, 0.4) is 0 Å². The van der Waals surface area contributed by atoms with E-state index < -0.39 is 0 Å². The van der Waals surface area contributed by atoms with E-state index in [1.54, 1.807) is 24.7 Å². The minimum absolute atomic E-state index is 0.0969. The zero-order valence-electron chi connectivity index (χ0n) is 16.1. The van der Waals surface area contributed by atoms with Gasteiger partial charge in [0.15, 0.2) is 0 Å². The number of fused-ring (bicyclic) bond motifs is 1. The Bertz CT molecular complexity index is 1180. The van der Waals surface area contributed by atoms with Crippen LogP contribution in [0.25, 0.3) is 33.4 Å². The molecule has 2 N–H and O–H groups in total. The van der Waals surface area contributed by atoms with Crippen LogP contribution in [-0.4, -0.2) is 34.1 Å². The molecule has 1 aliphatic heterocycles. The van der Waals surface area contributed by atoms with Gasteiger partial charge in [-0.25, -0.2) is 4.39 Å². The van der Waals surface area contributed by atoms with Crippen LogP contribution in [0.4, 0.5) is 4.39 Å². The van der Waals surface area contributed by atoms with Crippen molar-refractivity contribution in [3.63, 3.8) is 0 Å². The summed E-state index contributed by atoms with van der Waals surface area (Å²) in [5, 5.41) is 3.31. The first-order valence-electron chi connectivity index (χ1n) is 9.75. The van der Waals surface area contributed by atoms with Crippen molar-refractivity contribution < 1.29 is 9.13 Å². The minimum atomic E-state index is -0.278. The molecule has 1 saturated heterocycles. The maximum Gasteiger partial charge on any atom is 0.147 e. The molecular weight excluding hydrogens is 367 g/mol. The highest BCUT2D eigenvalue weighted by Gasteiger charge is 2.23. The molecule has 0 saturated carbocycles. The highest BCUT2D eigenvalue weighted by Crippen LogP contribution is 2.41. The number of benzene rings is 1. The van der Waals surface area contributed by atoms with Crippen molar-refractivity contribution in [1.29, 1.82) is 0 Å². The number of ether oxygens (including phenoxy) is 1. The van der Waals surface area contributed by atoms with Gasteiger partial charge in [-0.05, 0) is 50.2 Å². The summed E-state index contributed by atoms with van der Waals surface area (Å²) in [5.74, 6) is 0.405. The second kappa shape index (κ2) is 7.29. The molecular formula is C23H21FN4O. The predicted octanol–water partition coefficient (Wildman–Crippen LogP) is 4.48. The summed E-state index contributed by atoms with van der Waals surface area (Å²) in [4.78, 5) is 12.2. The molecule has 5 rings (SSSR count). The van der Waals surface area contributed by atoms with Crippen LogP contribution in [0, 0.1) is 12.7 Å². The van der Waals surface area contributed by atoms with Crippen LogP contribution in [0.1, 0.15) is 12.0 Å². The maximum atomic E-state index is 14.9. The average Bonchev–Trinajstić information content (AvgIpc) is 3.38. The van der Waals surface area contributed by atoms with Gasteiger partial charge in [0.05, 0.1) is 22.9 Å². The Labute approximate surface area is 168 Å². The monoisotopic (exact) mass is 388 g/mol. The summed E-state index contributed by atoms with van der Waals surface area (Å²) in [6.07, 6.45) is 6.22. The van der Waals surface area contributed by atoms with Crippen molar-refractivity contribution in [2.45, 2.75) is 19.4 Å². The Kier molecular flexibility index (Phi) is 4.48. The lowest BCUT2D eigenvalue weighted by atomic mass is 9.98. The van der Waals surface area contributed by atoms with Crippen molar-refractivity contribution in [2.75, 3.05) is 13.1 Å². The molecule has 29 heavy (non-hydrogen) atoms. The Morgan fingerprint density at radius 1 is 1.14 bits per heavy atom. The molecule has 4 aromatic rings. The lowest BCUT2D eigenvalue weighted by molar-refractivity contribution is 0.223. The molecule has 1 aromatic carbocycles. The normalized spacial score (nSPS) is 16.4. The summed E-state index contributed by atoms with van der Waals surface area (Å²) in [5.41, 5.74) is 5.46. The van der Waals surface area contributed by atoms with Gasteiger partial charge in [0.2, 0.25) is 0 Å². The summed E-state index contributed by atoms with van der Waals surface area (Å²) in [7, 11) is 0. The topological polar surface area (TPSA) is 62.8 Å². The quantitative estimate of drug-likeness (QED) is 0.541. The molecule has 3 aromatic heterocycles. The van der Waals surface area contributed by atoms with E-state index in [0.717, 1.165) is 52.9 Å². The van der Waals surface area contributed by atoms with E-state index in [2.05, 4.69) is 20.3 Å². The Balaban J connectivity index is 1.73. The number of pyridine rings is 2. The van der Waals surface area contributed by atoms with E-state index in [0.29, 0.717) is 11.3 Å². The van der Waals surface area contributed by atoms with Crippen LogP contribution in [0.5, 0.6) is 5.75 Å². The lowest BCUT2D eigenvalue weighted by Gasteiger charge is -2.16. The molecule has 0 bridgehead atoms. The van der Waals surface area contributed by atoms with Crippen LogP contribution in [0.2, 0.25) is 0 Å². The fourth-order valence-electron chi connectivity index (χ4n) is 3.90. The van der Waals surface area contributed by atoms with E-state index in [-0.39, 0.29) is 11.9 Å². The van der Waals surface area contributed by atoms with Gasteiger partial charge in [-0.3, -0.25) is 9.97 Å². The van der Waals surface area contributed by atoms with Crippen LogP contribution in [0.15, 0.2) is 55.0 Å². The Morgan fingerprint density at radius 3 is 2.93 bits per heavy atom. The number of nitrogens with zero attached hydrogens (tertiary/aromatic N) is 2. The standard InChI is InChI=1S/C23H21FN4O/c1-14-4-5-18(24)17(11-14)21-22(28-19-3-2-8-27-23(19)21)16-7-10-26-13-20(16)29-15-6-9-25-12-15/h2-5,7-8,10-11,13,15,25,28H,6,9,12H2,1H3/t15-/m1/s1. The first-order chi connectivity index (χ1) is 14.2. The van der Waals surface area contributed by atoms with Crippen molar-refractivity contribution in [3.8, 4) is 28.1 Å². The van der Waals surface area contributed by atoms with Gasteiger partial charge in [-0.2, -0.15) is 0 Å². The van der Waals surface area contributed by atoms with Gasteiger partial charge >= 0.3 is 0 Å². The summed E-state index contributed by atoms with van der Waals surface area (Å²) < 4.78 is 21.1. The summed E-state index contributed by atoms with van der Waals surface area (Å²) in [6, 6.07) is 10.9. The number of rotatable bonds is 4. The van der Waals surface area contributed by atoms with Crippen molar-refractivity contribution in [3.05, 3.63) is 66.4 Å². The van der Waals surface area contributed by atoms with Gasteiger partial charge in [0.1, 0.15) is 17.7 Å². The zero-order chi connectivity index (χ0) is 19.8. The fraction of sp³-hybridized carbons (Fsp3) is 0.217. The summed E-state index contributed by atoms with van der Waals surface area (Å²) >= 11 is 0. The van der Waals surface area contributed by atoms with Gasteiger partial charge < -0.3 is 15.0 Å². The number of hydrogen-bond donors (Lipinski definition) is 2. The molecule has 4 heterocycles. The molecule has 1 atom stereocenters. The third-order valence-corrected chi connectivity index (χ3v) is 5.31. The number of hydrogen-bond acceptors (Lipinski definition) is 4. The number of halogens is 1. The number of H-pyrrole nitrogens is 1. The molecule has 0 amide bonds. The van der Waals surface area contributed by atoms with E-state index in [1.165, 1.54) is 6.07 Å². The largest absolute Gasteiger partial charge is 0.487 e. The lowest BCUT2D eigenvalue weighted by Crippen LogP contribution is -2.20.